The van der Waals surface area contributed by atoms with Crippen molar-refractivity contribution in [2.24, 2.45) is 0 Å². The maximum Gasteiger partial charge on any atom is 0.244 e. The summed E-state index contributed by atoms with van der Waals surface area (Å²) in [4.78, 5) is 0.0619. The molecule has 0 spiro atoms. The van der Waals surface area contributed by atoms with Crippen LogP contribution in [0.15, 0.2) is 23.1 Å². The minimum Gasteiger partial charge on any atom is -0.495 e. The average Bonchev–Trinajstić information content (AvgIpc) is 2.17. The van der Waals surface area contributed by atoms with Crippen molar-refractivity contribution in [2.75, 3.05) is 26.9 Å². The number of methoxy groups -OCH3 is 1. The highest BCUT2D eigenvalue weighted by molar-refractivity contribution is 7.89. The molecule has 0 unspecified atom stereocenters. The molecule has 84 valence electrons. The lowest BCUT2D eigenvalue weighted by atomic mass is 10.3. The third-order valence-corrected chi connectivity index (χ3v) is 3.88. The minimum atomic E-state index is -3.51. The van der Waals surface area contributed by atoms with Crippen molar-refractivity contribution < 1.29 is 13.2 Å². The average molecular weight is 230 g/mol. The van der Waals surface area contributed by atoms with Crippen LogP contribution in [0.25, 0.3) is 0 Å². The molecule has 0 saturated carbocycles. The molecule has 0 aliphatic heterocycles. The summed E-state index contributed by atoms with van der Waals surface area (Å²) < 4.78 is 29.7. The van der Waals surface area contributed by atoms with Crippen molar-refractivity contribution in [1.82, 2.24) is 4.31 Å². The van der Waals surface area contributed by atoms with Crippen molar-refractivity contribution in [3.05, 3.63) is 18.2 Å². The summed E-state index contributed by atoms with van der Waals surface area (Å²) in [6.07, 6.45) is 0. The number of hydrogen-bond donors (Lipinski definition) is 1. The second-order valence-corrected chi connectivity index (χ2v) is 5.28. The van der Waals surface area contributed by atoms with E-state index in [0.717, 1.165) is 4.31 Å². The molecule has 0 atom stereocenters. The number of ether oxygens (including phenoxy) is 1. The van der Waals surface area contributed by atoms with Crippen LogP contribution >= 0.6 is 0 Å². The van der Waals surface area contributed by atoms with Crippen molar-refractivity contribution in [1.29, 1.82) is 0 Å². The van der Waals surface area contributed by atoms with E-state index in [1.54, 1.807) is 12.1 Å². The van der Waals surface area contributed by atoms with Crippen LogP contribution in [0, 0.1) is 0 Å². The van der Waals surface area contributed by atoms with Crippen LogP contribution in [0.2, 0.25) is 0 Å². The van der Waals surface area contributed by atoms with E-state index in [4.69, 9.17) is 10.5 Å². The van der Waals surface area contributed by atoms with Gasteiger partial charge in [-0.15, -0.1) is 0 Å². The third kappa shape index (κ3) is 2.05. The number of sulfonamides is 1. The molecule has 0 fully saturated rings. The maximum absolute atomic E-state index is 11.8. The molecule has 6 heteroatoms. The Morgan fingerprint density at radius 3 is 2.40 bits per heavy atom. The molecule has 1 aromatic carbocycles. The largest absolute Gasteiger partial charge is 0.495 e. The Labute approximate surface area is 89.5 Å². The number of rotatable bonds is 3. The Kier molecular flexibility index (Phi) is 3.21. The Morgan fingerprint density at radius 1 is 1.33 bits per heavy atom. The van der Waals surface area contributed by atoms with E-state index in [9.17, 15) is 8.42 Å². The van der Waals surface area contributed by atoms with E-state index < -0.39 is 10.0 Å². The number of nitrogens with zero attached hydrogens (tertiary/aromatic N) is 1. The summed E-state index contributed by atoms with van der Waals surface area (Å²) in [5, 5.41) is 0. The molecule has 1 rings (SSSR count). The molecule has 0 heterocycles. The van der Waals surface area contributed by atoms with Crippen molar-refractivity contribution in [2.45, 2.75) is 4.90 Å². The van der Waals surface area contributed by atoms with Gasteiger partial charge in [-0.1, -0.05) is 6.07 Å². The fourth-order valence-corrected chi connectivity index (χ4v) is 2.15. The van der Waals surface area contributed by atoms with Gasteiger partial charge in [0.15, 0.2) is 0 Å². The molecule has 0 saturated heterocycles. The first-order chi connectivity index (χ1) is 6.91. The molecule has 0 aliphatic rings. The summed E-state index contributed by atoms with van der Waals surface area (Å²) in [5.74, 6) is 0.359. The Bertz CT molecular complexity index is 454. The summed E-state index contributed by atoms with van der Waals surface area (Å²) in [6, 6.07) is 4.66. The monoisotopic (exact) mass is 230 g/mol. The molecule has 5 nitrogen and oxygen atoms in total. The highest BCUT2D eigenvalue weighted by Gasteiger charge is 2.21. The lowest BCUT2D eigenvalue weighted by Gasteiger charge is -2.14. The van der Waals surface area contributed by atoms with E-state index in [2.05, 4.69) is 0 Å². The van der Waals surface area contributed by atoms with E-state index >= 15 is 0 Å². The van der Waals surface area contributed by atoms with Crippen LogP contribution < -0.4 is 10.5 Å². The highest BCUT2D eigenvalue weighted by atomic mass is 32.2. The SMILES string of the molecule is COc1cccc(S(=O)(=O)N(C)C)c1N. The smallest absolute Gasteiger partial charge is 0.244 e. The molecule has 1 aromatic rings. The highest BCUT2D eigenvalue weighted by Crippen LogP contribution is 2.29. The molecule has 0 aliphatic carbocycles. The van der Waals surface area contributed by atoms with Crippen LogP contribution in [0.4, 0.5) is 5.69 Å². The predicted molar refractivity (Wildman–Crippen MR) is 58.3 cm³/mol. The van der Waals surface area contributed by atoms with E-state index in [-0.39, 0.29) is 10.6 Å². The van der Waals surface area contributed by atoms with Crippen LogP contribution in [-0.4, -0.2) is 33.9 Å². The van der Waals surface area contributed by atoms with Crippen LogP contribution in [0.5, 0.6) is 5.75 Å². The molecule has 0 amide bonds. The number of nitrogen functional groups attached to an aromatic ring is 1. The zero-order chi connectivity index (χ0) is 11.6. The van der Waals surface area contributed by atoms with E-state index in [0.29, 0.717) is 5.75 Å². The van der Waals surface area contributed by atoms with Gasteiger partial charge in [0.05, 0.1) is 12.8 Å². The number of nitrogens with two attached hydrogens (primary N) is 1. The summed E-state index contributed by atoms with van der Waals surface area (Å²) in [5.41, 5.74) is 5.82. The molecular formula is C9H14N2O3S. The van der Waals surface area contributed by atoms with Crippen molar-refractivity contribution >= 4 is 15.7 Å². The first-order valence-corrected chi connectivity index (χ1v) is 5.70. The zero-order valence-electron chi connectivity index (χ0n) is 8.89. The van der Waals surface area contributed by atoms with Crippen LogP contribution in [0.3, 0.4) is 0 Å². The summed E-state index contributed by atoms with van der Waals surface area (Å²) >= 11 is 0. The second kappa shape index (κ2) is 4.08. The Hall–Kier alpha value is -1.27. The lowest BCUT2D eigenvalue weighted by Crippen LogP contribution is -2.23. The van der Waals surface area contributed by atoms with Gasteiger partial charge in [0, 0.05) is 14.1 Å². The number of anilines is 1. The standard InChI is InChI=1S/C9H14N2O3S/c1-11(2)15(12,13)8-6-4-5-7(14-3)9(8)10/h4-6H,10H2,1-3H3. The third-order valence-electron chi connectivity index (χ3n) is 2.00. The number of hydrogen-bond acceptors (Lipinski definition) is 4. The first-order valence-electron chi connectivity index (χ1n) is 4.26. The van der Waals surface area contributed by atoms with Gasteiger partial charge in [-0.25, -0.2) is 12.7 Å². The molecule has 0 radical (unpaired) electrons. The van der Waals surface area contributed by atoms with E-state index in [1.807, 2.05) is 0 Å². The van der Waals surface area contributed by atoms with Gasteiger partial charge in [0.1, 0.15) is 10.6 Å². The van der Waals surface area contributed by atoms with Crippen LogP contribution in [0.1, 0.15) is 0 Å². The normalized spacial score (nSPS) is 11.7. The van der Waals surface area contributed by atoms with E-state index in [1.165, 1.54) is 27.3 Å². The topological polar surface area (TPSA) is 72.6 Å². The Balaban J connectivity index is 3.40. The quantitative estimate of drug-likeness (QED) is 0.769. The number of benzene rings is 1. The van der Waals surface area contributed by atoms with Gasteiger partial charge in [-0.3, -0.25) is 0 Å². The van der Waals surface area contributed by atoms with Gasteiger partial charge in [-0.05, 0) is 12.1 Å². The maximum atomic E-state index is 11.8. The minimum absolute atomic E-state index is 0.0619. The Morgan fingerprint density at radius 2 is 1.93 bits per heavy atom. The fraction of sp³-hybridized carbons (Fsp3) is 0.333. The molecule has 2 N–H and O–H groups in total. The lowest BCUT2D eigenvalue weighted by molar-refractivity contribution is 0.415. The first kappa shape index (κ1) is 11.8. The summed E-state index contributed by atoms with van der Waals surface area (Å²) in [6.45, 7) is 0. The predicted octanol–water partition coefficient (Wildman–Crippen LogP) is 0.528. The van der Waals surface area contributed by atoms with Gasteiger partial charge >= 0.3 is 0 Å². The number of para-hydroxylation sites is 1. The van der Waals surface area contributed by atoms with Crippen molar-refractivity contribution in [3.63, 3.8) is 0 Å². The molecule has 0 bridgehead atoms. The molecule has 0 aromatic heterocycles. The van der Waals surface area contributed by atoms with Crippen LogP contribution in [-0.2, 0) is 10.0 Å². The molecule has 15 heavy (non-hydrogen) atoms. The zero-order valence-corrected chi connectivity index (χ0v) is 9.71. The fourth-order valence-electron chi connectivity index (χ4n) is 1.12. The van der Waals surface area contributed by atoms with Gasteiger partial charge in [0.2, 0.25) is 10.0 Å². The van der Waals surface area contributed by atoms with Crippen molar-refractivity contribution in [3.8, 4) is 5.75 Å². The van der Waals surface area contributed by atoms with Gasteiger partial charge in [-0.2, -0.15) is 0 Å². The van der Waals surface area contributed by atoms with Gasteiger partial charge in [0.25, 0.3) is 0 Å². The summed E-state index contributed by atoms with van der Waals surface area (Å²) in [7, 11) is 0.836. The molecular weight excluding hydrogens is 216 g/mol. The second-order valence-electron chi connectivity index (χ2n) is 3.16. The van der Waals surface area contributed by atoms with Gasteiger partial charge < -0.3 is 10.5 Å².